The molecule has 1 nitrogen and oxygen atoms in total. The molecule has 0 aromatic heterocycles. The van der Waals surface area contributed by atoms with E-state index >= 15 is 0 Å². The Morgan fingerprint density at radius 1 is 1.39 bits per heavy atom. The zero-order valence-corrected chi connectivity index (χ0v) is 15.5. The molecule has 4 heteroatoms. The summed E-state index contributed by atoms with van der Waals surface area (Å²) in [6, 6.07) is 0. The van der Waals surface area contributed by atoms with Crippen molar-refractivity contribution in [3.8, 4) is 0 Å². The lowest BCUT2D eigenvalue weighted by molar-refractivity contribution is 0.243. The summed E-state index contributed by atoms with van der Waals surface area (Å²) >= 11 is 3.49. The number of thioether (sulfide) groups is 2. The van der Waals surface area contributed by atoms with Crippen molar-refractivity contribution in [2.45, 2.75) is 51.9 Å². The molecule has 1 unspecified atom stereocenters. The third-order valence-electron chi connectivity index (χ3n) is 3.26. The smallest absolute Gasteiger partial charge is 0.192 e. The van der Waals surface area contributed by atoms with Gasteiger partial charge in [0.05, 0.1) is 6.10 Å². The molecule has 0 aliphatic rings. The van der Waals surface area contributed by atoms with E-state index in [1.165, 1.54) is 0 Å². The van der Waals surface area contributed by atoms with E-state index in [1.54, 1.807) is 23.5 Å². The van der Waals surface area contributed by atoms with Crippen molar-refractivity contribution in [3.05, 3.63) is 23.0 Å². The Morgan fingerprint density at radius 2 is 1.94 bits per heavy atom. The third-order valence-corrected chi connectivity index (χ3v) is 9.83. The molecule has 0 heterocycles. The van der Waals surface area contributed by atoms with Gasteiger partial charge in [0.1, 0.15) is 0 Å². The van der Waals surface area contributed by atoms with Crippen LogP contribution in [0.15, 0.2) is 23.0 Å². The zero-order valence-electron chi connectivity index (χ0n) is 12.9. The molecule has 0 radical (unpaired) electrons. The Morgan fingerprint density at radius 3 is 2.39 bits per heavy atom. The minimum atomic E-state index is -1.64. The molecule has 0 aromatic carbocycles. The van der Waals surface area contributed by atoms with Crippen LogP contribution >= 0.6 is 23.5 Å². The Bertz CT molecular complexity index is 293. The highest BCUT2D eigenvalue weighted by molar-refractivity contribution is 8.21. The van der Waals surface area contributed by atoms with E-state index in [0.29, 0.717) is 0 Å². The van der Waals surface area contributed by atoms with Gasteiger partial charge in [0.15, 0.2) is 8.32 Å². The van der Waals surface area contributed by atoms with Crippen LogP contribution in [-0.4, -0.2) is 26.4 Å². The van der Waals surface area contributed by atoms with E-state index in [1.807, 2.05) is 0 Å². The van der Waals surface area contributed by atoms with Gasteiger partial charge in [0, 0.05) is 9.99 Å². The molecule has 0 N–H and O–H groups in total. The Hall–Kier alpha value is 0.357. The lowest BCUT2D eigenvalue weighted by Gasteiger charge is -2.37. The van der Waals surface area contributed by atoms with Crippen LogP contribution < -0.4 is 0 Å². The second kappa shape index (κ2) is 7.83. The van der Waals surface area contributed by atoms with Crippen molar-refractivity contribution in [3.63, 3.8) is 0 Å². The van der Waals surface area contributed by atoms with Gasteiger partial charge < -0.3 is 4.43 Å². The van der Waals surface area contributed by atoms with Crippen LogP contribution in [0.4, 0.5) is 0 Å². The molecular formula is C14H28OS2Si. The van der Waals surface area contributed by atoms with Gasteiger partial charge in [-0.2, -0.15) is 0 Å². The van der Waals surface area contributed by atoms with Gasteiger partial charge in [0.25, 0.3) is 0 Å². The van der Waals surface area contributed by atoms with Crippen molar-refractivity contribution in [2.24, 2.45) is 0 Å². The van der Waals surface area contributed by atoms with Gasteiger partial charge in [-0.1, -0.05) is 39.5 Å². The van der Waals surface area contributed by atoms with Crippen LogP contribution in [-0.2, 0) is 4.43 Å². The van der Waals surface area contributed by atoms with E-state index in [2.05, 4.69) is 65.8 Å². The zero-order chi connectivity index (χ0) is 14.4. The molecule has 0 bridgehead atoms. The highest BCUT2D eigenvalue weighted by Gasteiger charge is 2.37. The van der Waals surface area contributed by atoms with Crippen LogP contribution in [0.3, 0.4) is 0 Å². The van der Waals surface area contributed by atoms with Crippen LogP contribution in [0.25, 0.3) is 0 Å². The quantitative estimate of drug-likeness (QED) is 0.453. The molecule has 0 aromatic rings. The highest BCUT2D eigenvalue weighted by atomic mass is 32.2. The first kappa shape index (κ1) is 18.4. The average Bonchev–Trinajstić information content (AvgIpc) is 2.21. The molecular weight excluding hydrogens is 276 g/mol. The van der Waals surface area contributed by atoms with E-state index in [0.717, 1.165) is 9.99 Å². The van der Waals surface area contributed by atoms with E-state index in [4.69, 9.17) is 4.43 Å². The summed E-state index contributed by atoms with van der Waals surface area (Å²) in [5.74, 6) is 0.977. The molecule has 0 aliphatic carbocycles. The fourth-order valence-electron chi connectivity index (χ4n) is 1.13. The number of hydrogen-bond acceptors (Lipinski definition) is 3. The standard InChI is InChI=1S/C14H28OS2Si/c1-12(10-9-11-17-13(2)16-6)15-18(7,8)14(3,4)5/h9-10,12H,2,11H2,1,3-8H3/b10-9-. The summed E-state index contributed by atoms with van der Waals surface area (Å²) in [5, 5.41) is 0.275. The minimum absolute atomic E-state index is 0.203. The summed E-state index contributed by atoms with van der Waals surface area (Å²) in [6.45, 7) is 17.5. The van der Waals surface area contributed by atoms with E-state index < -0.39 is 8.32 Å². The predicted molar refractivity (Wildman–Crippen MR) is 92.0 cm³/mol. The second-order valence-electron chi connectivity index (χ2n) is 5.90. The van der Waals surface area contributed by atoms with Crippen molar-refractivity contribution in [2.75, 3.05) is 12.0 Å². The van der Waals surface area contributed by atoms with Crippen molar-refractivity contribution < 1.29 is 4.43 Å². The molecule has 18 heavy (non-hydrogen) atoms. The summed E-state index contributed by atoms with van der Waals surface area (Å²) < 4.78 is 7.42. The first-order chi connectivity index (χ1) is 8.10. The van der Waals surface area contributed by atoms with Gasteiger partial charge >= 0.3 is 0 Å². The summed E-state index contributed by atoms with van der Waals surface area (Å²) in [4.78, 5) is 0. The molecule has 1 atom stereocenters. The van der Waals surface area contributed by atoms with Crippen LogP contribution in [0.5, 0.6) is 0 Å². The first-order valence-corrected chi connectivity index (χ1v) is 11.4. The van der Waals surface area contributed by atoms with Crippen LogP contribution in [0.1, 0.15) is 27.7 Å². The summed E-state index contributed by atoms with van der Waals surface area (Å²) in [7, 11) is -1.64. The van der Waals surface area contributed by atoms with E-state index in [-0.39, 0.29) is 11.1 Å². The van der Waals surface area contributed by atoms with Crippen molar-refractivity contribution in [1.82, 2.24) is 0 Å². The van der Waals surface area contributed by atoms with Gasteiger partial charge in [0.2, 0.25) is 0 Å². The molecule has 0 rings (SSSR count). The van der Waals surface area contributed by atoms with Crippen molar-refractivity contribution >= 4 is 31.8 Å². The van der Waals surface area contributed by atoms with Crippen molar-refractivity contribution in [1.29, 1.82) is 0 Å². The molecule has 0 amide bonds. The monoisotopic (exact) mass is 304 g/mol. The summed E-state index contributed by atoms with van der Waals surface area (Å²) in [5.41, 5.74) is 0. The Balaban J connectivity index is 4.15. The highest BCUT2D eigenvalue weighted by Crippen LogP contribution is 2.37. The van der Waals surface area contributed by atoms with Gasteiger partial charge in [-0.15, -0.1) is 23.5 Å². The number of hydrogen-bond donors (Lipinski definition) is 0. The van der Waals surface area contributed by atoms with E-state index in [9.17, 15) is 0 Å². The first-order valence-electron chi connectivity index (χ1n) is 6.30. The molecule has 0 spiro atoms. The molecule has 106 valence electrons. The predicted octanol–water partition coefficient (Wildman–Crippen LogP) is 5.52. The normalized spacial score (nSPS) is 15.1. The fourth-order valence-corrected chi connectivity index (χ4v) is 3.56. The molecule has 0 fully saturated rings. The van der Waals surface area contributed by atoms with Gasteiger partial charge in [-0.3, -0.25) is 0 Å². The van der Waals surface area contributed by atoms with Crippen LogP contribution in [0, 0.1) is 0 Å². The maximum Gasteiger partial charge on any atom is 0.192 e. The fraction of sp³-hybridized carbons (Fsp3) is 0.714. The van der Waals surface area contributed by atoms with Crippen LogP contribution in [0.2, 0.25) is 18.1 Å². The average molecular weight is 305 g/mol. The largest absolute Gasteiger partial charge is 0.411 e. The minimum Gasteiger partial charge on any atom is -0.411 e. The Labute approximate surface area is 123 Å². The van der Waals surface area contributed by atoms with Gasteiger partial charge in [-0.25, -0.2) is 0 Å². The lowest BCUT2D eigenvalue weighted by atomic mass is 10.2. The molecule has 0 saturated carbocycles. The second-order valence-corrected chi connectivity index (χ2v) is 12.9. The SMILES string of the molecule is C=C(SC)SC/C=C\C(C)O[Si](C)(C)C(C)(C)C. The molecule has 0 aliphatic heterocycles. The third kappa shape index (κ3) is 7.07. The lowest BCUT2D eigenvalue weighted by Crippen LogP contribution is -2.42. The summed E-state index contributed by atoms with van der Waals surface area (Å²) in [6.07, 6.45) is 6.61. The Kier molecular flexibility index (Phi) is 7.98. The topological polar surface area (TPSA) is 9.23 Å². The van der Waals surface area contributed by atoms with Gasteiger partial charge in [-0.05, 0) is 31.3 Å². The number of rotatable bonds is 7. The maximum absolute atomic E-state index is 6.25. The maximum atomic E-state index is 6.25. The molecule has 0 saturated heterocycles.